The lowest BCUT2D eigenvalue weighted by Crippen LogP contribution is -2.41. The highest BCUT2D eigenvalue weighted by Gasteiger charge is 2.20. The first kappa shape index (κ1) is 12.9. The molecule has 0 radical (unpaired) electrons. The van der Waals surface area contributed by atoms with Gasteiger partial charge in [0, 0.05) is 30.4 Å². The zero-order chi connectivity index (χ0) is 14.0. The summed E-state index contributed by atoms with van der Waals surface area (Å²) < 4.78 is 0. The number of carbonyl (C=O) groups is 2. The minimum absolute atomic E-state index is 0.111. The molecule has 0 saturated carbocycles. The Morgan fingerprint density at radius 3 is 2.79 bits per heavy atom. The van der Waals surface area contributed by atoms with Gasteiger partial charge in [-0.2, -0.15) is 0 Å². The third kappa shape index (κ3) is 2.85. The molecule has 0 fully saturated rings. The molecule has 1 aromatic carbocycles. The fourth-order valence-electron chi connectivity index (χ4n) is 2.00. The average Bonchev–Trinajstić information content (AvgIpc) is 2.70. The van der Waals surface area contributed by atoms with E-state index >= 15 is 0 Å². The number of nitrogens with one attached hydrogen (secondary N) is 2. The molecule has 0 aliphatic heterocycles. The second-order valence-corrected chi connectivity index (χ2v) is 4.34. The number of aromatic hydroxyl groups is 1. The van der Waals surface area contributed by atoms with E-state index in [0.717, 1.165) is 16.5 Å². The molecule has 6 nitrogen and oxygen atoms in total. The largest absolute Gasteiger partial charge is 0.508 e. The quantitative estimate of drug-likeness (QED) is 0.660. The van der Waals surface area contributed by atoms with Gasteiger partial charge < -0.3 is 20.5 Å². The van der Waals surface area contributed by atoms with E-state index in [1.165, 1.54) is 6.92 Å². The Labute approximate surface area is 109 Å². The first-order valence-electron chi connectivity index (χ1n) is 5.76. The molecule has 1 amide bonds. The van der Waals surface area contributed by atoms with Crippen LogP contribution in [0.15, 0.2) is 24.4 Å². The number of hydrogen-bond acceptors (Lipinski definition) is 3. The highest BCUT2D eigenvalue weighted by Crippen LogP contribution is 2.23. The number of aromatic amines is 1. The number of H-pyrrole nitrogens is 1. The average molecular weight is 262 g/mol. The van der Waals surface area contributed by atoms with Crippen LogP contribution >= 0.6 is 0 Å². The lowest BCUT2D eigenvalue weighted by Gasteiger charge is -2.12. The third-order valence-corrected chi connectivity index (χ3v) is 2.85. The van der Waals surface area contributed by atoms with E-state index in [4.69, 9.17) is 5.11 Å². The summed E-state index contributed by atoms with van der Waals surface area (Å²) in [5.74, 6) is -1.38. The van der Waals surface area contributed by atoms with Crippen molar-refractivity contribution in [3.8, 4) is 5.75 Å². The van der Waals surface area contributed by atoms with E-state index in [1.807, 2.05) is 0 Å². The first-order valence-corrected chi connectivity index (χ1v) is 5.76. The van der Waals surface area contributed by atoms with Crippen LogP contribution in [0.25, 0.3) is 10.9 Å². The van der Waals surface area contributed by atoms with Crippen molar-refractivity contribution in [2.24, 2.45) is 0 Å². The van der Waals surface area contributed by atoms with E-state index < -0.39 is 17.9 Å². The van der Waals surface area contributed by atoms with Gasteiger partial charge in [0.15, 0.2) is 0 Å². The number of hydrogen-bond donors (Lipinski definition) is 4. The number of aromatic nitrogens is 1. The van der Waals surface area contributed by atoms with Crippen molar-refractivity contribution in [1.82, 2.24) is 10.3 Å². The maximum atomic E-state index is 11.1. The van der Waals surface area contributed by atoms with Gasteiger partial charge in [-0.15, -0.1) is 0 Å². The summed E-state index contributed by atoms with van der Waals surface area (Å²) in [7, 11) is 0. The van der Waals surface area contributed by atoms with Crippen LogP contribution in [0.2, 0.25) is 0 Å². The van der Waals surface area contributed by atoms with Gasteiger partial charge in [-0.25, -0.2) is 4.79 Å². The number of carboxylic acids is 1. The fourth-order valence-corrected chi connectivity index (χ4v) is 2.00. The molecular weight excluding hydrogens is 248 g/mol. The Morgan fingerprint density at radius 1 is 1.42 bits per heavy atom. The number of phenols is 1. The number of carboxylic acid groups (broad SMARTS) is 1. The van der Waals surface area contributed by atoms with Gasteiger partial charge in [-0.1, -0.05) is 0 Å². The molecule has 2 aromatic rings. The Bertz CT molecular complexity index is 633. The normalized spacial score (nSPS) is 12.3. The SMILES string of the molecule is CC(=O)N[C@@H](Cc1c[nH]c2ccc(O)cc12)C(=O)O. The van der Waals surface area contributed by atoms with Crippen molar-refractivity contribution >= 4 is 22.8 Å². The van der Waals surface area contributed by atoms with Gasteiger partial charge in [0.05, 0.1) is 0 Å². The Hall–Kier alpha value is -2.50. The van der Waals surface area contributed by atoms with Crippen molar-refractivity contribution in [1.29, 1.82) is 0 Å². The molecule has 1 atom stereocenters. The number of carbonyl (C=O) groups excluding carboxylic acids is 1. The van der Waals surface area contributed by atoms with Crippen molar-refractivity contribution in [2.45, 2.75) is 19.4 Å². The third-order valence-electron chi connectivity index (χ3n) is 2.85. The molecule has 1 aromatic heterocycles. The number of benzene rings is 1. The van der Waals surface area contributed by atoms with Crippen LogP contribution < -0.4 is 5.32 Å². The molecule has 0 saturated heterocycles. The van der Waals surface area contributed by atoms with Crippen LogP contribution in [-0.4, -0.2) is 33.1 Å². The van der Waals surface area contributed by atoms with Crippen LogP contribution in [0.1, 0.15) is 12.5 Å². The summed E-state index contributed by atoms with van der Waals surface area (Å²) in [6.07, 6.45) is 1.83. The fraction of sp³-hybridized carbons (Fsp3) is 0.231. The van der Waals surface area contributed by atoms with Crippen LogP contribution in [0.3, 0.4) is 0 Å². The highest BCUT2D eigenvalue weighted by molar-refractivity contribution is 5.87. The zero-order valence-corrected chi connectivity index (χ0v) is 10.3. The van der Waals surface area contributed by atoms with Gasteiger partial charge in [-0.3, -0.25) is 4.79 Å². The maximum absolute atomic E-state index is 11.1. The van der Waals surface area contributed by atoms with Crippen LogP contribution in [0.4, 0.5) is 0 Å². The number of fused-ring (bicyclic) bond motifs is 1. The zero-order valence-electron chi connectivity index (χ0n) is 10.3. The minimum atomic E-state index is -1.09. The predicted octanol–water partition coefficient (Wildman–Crippen LogP) is 1.01. The number of phenolic OH excluding ortho intramolecular Hbond substituents is 1. The second kappa shape index (κ2) is 5.01. The molecule has 2 rings (SSSR count). The van der Waals surface area contributed by atoms with Crippen LogP contribution in [-0.2, 0) is 16.0 Å². The molecule has 4 N–H and O–H groups in total. The summed E-state index contributed by atoms with van der Waals surface area (Å²) in [6, 6.07) is 3.83. The maximum Gasteiger partial charge on any atom is 0.326 e. The first-order chi connectivity index (χ1) is 8.97. The summed E-state index contributed by atoms with van der Waals surface area (Å²) in [6.45, 7) is 1.27. The minimum Gasteiger partial charge on any atom is -0.508 e. The van der Waals surface area contributed by atoms with Crippen molar-refractivity contribution < 1.29 is 19.8 Å². The van der Waals surface area contributed by atoms with Gasteiger partial charge in [-0.05, 0) is 23.8 Å². The van der Waals surface area contributed by atoms with Crippen LogP contribution in [0, 0.1) is 0 Å². The second-order valence-electron chi connectivity index (χ2n) is 4.34. The Kier molecular flexibility index (Phi) is 3.41. The topological polar surface area (TPSA) is 102 Å². The standard InChI is InChI=1S/C13H14N2O4/c1-7(16)15-12(13(18)19)4-8-6-14-11-3-2-9(17)5-10(8)11/h2-3,5-6,12,14,17H,4H2,1H3,(H,15,16)(H,18,19)/t12-/m0/s1. The summed E-state index contributed by atoms with van der Waals surface area (Å²) >= 11 is 0. The van der Waals surface area contributed by atoms with Crippen LogP contribution in [0.5, 0.6) is 5.75 Å². The molecule has 6 heteroatoms. The molecule has 19 heavy (non-hydrogen) atoms. The van der Waals surface area contributed by atoms with E-state index in [2.05, 4.69) is 10.3 Å². The lowest BCUT2D eigenvalue weighted by atomic mass is 10.0. The smallest absolute Gasteiger partial charge is 0.326 e. The summed E-state index contributed by atoms with van der Waals surface area (Å²) in [4.78, 5) is 25.1. The highest BCUT2D eigenvalue weighted by atomic mass is 16.4. The van der Waals surface area contributed by atoms with Crippen molar-refractivity contribution in [3.05, 3.63) is 30.0 Å². The Morgan fingerprint density at radius 2 is 2.16 bits per heavy atom. The lowest BCUT2D eigenvalue weighted by molar-refractivity contribution is -0.141. The predicted molar refractivity (Wildman–Crippen MR) is 68.9 cm³/mol. The Balaban J connectivity index is 2.31. The molecule has 0 aliphatic rings. The monoisotopic (exact) mass is 262 g/mol. The number of rotatable bonds is 4. The molecular formula is C13H14N2O4. The molecule has 0 aliphatic carbocycles. The molecule has 0 unspecified atom stereocenters. The number of aliphatic carboxylic acids is 1. The summed E-state index contributed by atoms with van der Waals surface area (Å²) in [5, 5.41) is 21.7. The van der Waals surface area contributed by atoms with Gasteiger partial charge in [0.1, 0.15) is 11.8 Å². The van der Waals surface area contributed by atoms with E-state index in [-0.39, 0.29) is 12.2 Å². The van der Waals surface area contributed by atoms with Crippen molar-refractivity contribution in [3.63, 3.8) is 0 Å². The van der Waals surface area contributed by atoms with E-state index in [1.54, 1.807) is 24.4 Å². The molecule has 0 spiro atoms. The number of amides is 1. The molecule has 1 heterocycles. The molecule has 0 bridgehead atoms. The summed E-state index contributed by atoms with van der Waals surface area (Å²) in [5.41, 5.74) is 1.53. The van der Waals surface area contributed by atoms with Gasteiger partial charge in [0.2, 0.25) is 5.91 Å². The van der Waals surface area contributed by atoms with E-state index in [9.17, 15) is 14.7 Å². The van der Waals surface area contributed by atoms with Gasteiger partial charge >= 0.3 is 5.97 Å². The molecule has 100 valence electrons. The van der Waals surface area contributed by atoms with Gasteiger partial charge in [0.25, 0.3) is 0 Å². The van der Waals surface area contributed by atoms with E-state index in [0.29, 0.717) is 0 Å². The van der Waals surface area contributed by atoms with Crippen molar-refractivity contribution in [2.75, 3.05) is 0 Å².